The number of rotatable bonds is 5. The van der Waals surface area contributed by atoms with Gasteiger partial charge in [0.25, 0.3) is 0 Å². The molecule has 1 atom stereocenters. The van der Waals surface area contributed by atoms with Gasteiger partial charge in [0, 0.05) is 44.0 Å². The summed E-state index contributed by atoms with van der Waals surface area (Å²) < 4.78 is 11.4. The fourth-order valence-electron chi connectivity index (χ4n) is 8.97. The van der Waals surface area contributed by atoms with Gasteiger partial charge in [-0.2, -0.15) is 0 Å². The van der Waals surface area contributed by atoms with Crippen LogP contribution < -0.4 is 5.32 Å². The fourth-order valence-corrected chi connectivity index (χ4v) is 8.97. The average molecular weight is 731 g/mol. The lowest BCUT2D eigenvalue weighted by Gasteiger charge is -2.25. The summed E-state index contributed by atoms with van der Waals surface area (Å²) in [6.45, 7) is 0. The van der Waals surface area contributed by atoms with Gasteiger partial charge < -0.3 is 18.9 Å². The molecule has 1 N–H and O–H groups in total. The molecule has 0 aliphatic carbocycles. The zero-order chi connectivity index (χ0) is 37.5. The van der Waals surface area contributed by atoms with Crippen LogP contribution in [0.15, 0.2) is 204 Å². The van der Waals surface area contributed by atoms with E-state index in [9.17, 15) is 0 Å². The van der Waals surface area contributed by atoms with Gasteiger partial charge in [-0.1, -0.05) is 127 Å². The van der Waals surface area contributed by atoms with E-state index in [2.05, 4.69) is 196 Å². The Morgan fingerprint density at radius 2 is 1.11 bits per heavy atom. The van der Waals surface area contributed by atoms with Crippen LogP contribution >= 0.6 is 0 Å². The third-order valence-corrected chi connectivity index (χ3v) is 11.5. The second-order valence-corrected chi connectivity index (χ2v) is 14.8. The summed E-state index contributed by atoms with van der Waals surface area (Å²) in [6, 6.07) is 66.8. The molecule has 3 aromatic heterocycles. The number of nitrogens with zero attached hydrogens (tertiary/aromatic N) is 3. The number of aromatic nitrogens is 2. The van der Waals surface area contributed by atoms with Gasteiger partial charge >= 0.3 is 0 Å². The van der Waals surface area contributed by atoms with Crippen LogP contribution in [0, 0.1) is 0 Å². The molecule has 1 unspecified atom stereocenters. The van der Waals surface area contributed by atoms with Crippen LogP contribution in [-0.4, -0.2) is 14.8 Å². The smallest absolute Gasteiger partial charge is 0.145 e. The second kappa shape index (κ2) is 12.4. The van der Waals surface area contributed by atoms with Crippen LogP contribution in [0.25, 0.3) is 82.6 Å². The molecule has 0 spiro atoms. The molecule has 1 aliphatic heterocycles. The van der Waals surface area contributed by atoms with Gasteiger partial charge in [-0.05, 0) is 83.4 Å². The highest BCUT2D eigenvalue weighted by Crippen LogP contribution is 2.44. The fraction of sp³-hybridized carbons (Fsp3) is 0.0192. The number of allylic oxidation sites excluding steroid dienone is 1. The molecule has 0 radical (unpaired) electrons. The summed E-state index contributed by atoms with van der Waals surface area (Å²) in [5.41, 5.74) is 13.9. The molecule has 12 rings (SSSR count). The first kappa shape index (κ1) is 31.7. The number of fused-ring (bicyclic) bond motifs is 10. The maximum atomic E-state index is 6.52. The Morgan fingerprint density at radius 1 is 0.456 bits per heavy atom. The SMILES string of the molecule is C1=C(c2ccccc2)NC(c2cccc(-n3c4cc5c6ccccc6n(-c6ccccc6)c5cc4c4ccc5oc6ccccc6c5c43)c2)N=C1c1ccccc1. The van der Waals surface area contributed by atoms with Gasteiger partial charge in [0.15, 0.2) is 0 Å². The van der Waals surface area contributed by atoms with E-state index in [1.54, 1.807) is 0 Å². The van der Waals surface area contributed by atoms with Crippen molar-refractivity contribution < 1.29 is 4.42 Å². The van der Waals surface area contributed by atoms with Gasteiger partial charge in [0.05, 0.1) is 33.2 Å². The number of aliphatic imine (C=N–C) groups is 1. The second-order valence-electron chi connectivity index (χ2n) is 14.8. The quantitative estimate of drug-likeness (QED) is 0.192. The van der Waals surface area contributed by atoms with Crippen LogP contribution in [-0.2, 0) is 0 Å². The van der Waals surface area contributed by atoms with Crippen molar-refractivity contribution in [2.75, 3.05) is 0 Å². The molecule has 4 heterocycles. The van der Waals surface area contributed by atoms with E-state index >= 15 is 0 Å². The maximum Gasteiger partial charge on any atom is 0.145 e. The Hall–Kier alpha value is -7.63. The Balaban J connectivity index is 1.14. The normalized spacial score (nSPS) is 14.5. The topological polar surface area (TPSA) is 47.4 Å². The van der Waals surface area contributed by atoms with E-state index in [1.807, 2.05) is 12.1 Å². The molecule has 8 aromatic carbocycles. The highest BCUT2D eigenvalue weighted by Gasteiger charge is 2.24. The summed E-state index contributed by atoms with van der Waals surface area (Å²) >= 11 is 0. The van der Waals surface area contributed by atoms with Crippen LogP contribution in [0.1, 0.15) is 22.9 Å². The molecule has 5 nitrogen and oxygen atoms in total. The standard InChI is InChI=1S/C52H34N4O/c1-4-15-33(16-5-1)43-32-44(34-17-6-2-7-18-34)54-52(53-43)35-19-14-22-37(29-35)56-47-30-41-38-23-10-12-25-45(38)55(36-20-8-3-9-21-36)46(41)31-42(47)39-27-28-49-50(51(39)56)40-24-11-13-26-48(40)57-49/h1-32,52-53H. The predicted molar refractivity (Wildman–Crippen MR) is 236 cm³/mol. The van der Waals surface area contributed by atoms with E-state index in [0.29, 0.717) is 0 Å². The maximum absolute atomic E-state index is 6.52. The van der Waals surface area contributed by atoms with Crippen molar-refractivity contribution in [1.29, 1.82) is 0 Å². The molecule has 57 heavy (non-hydrogen) atoms. The zero-order valence-electron chi connectivity index (χ0n) is 30.8. The highest BCUT2D eigenvalue weighted by molar-refractivity contribution is 6.27. The van der Waals surface area contributed by atoms with Crippen LogP contribution in [0.4, 0.5) is 0 Å². The van der Waals surface area contributed by atoms with Crippen molar-refractivity contribution in [1.82, 2.24) is 14.5 Å². The summed E-state index contributed by atoms with van der Waals surface area (Å²) in [7, 11) is 0. The van der Waals surface area contributed by atoms with Gasteiger partial charge in [0.1, 0.15) is 17.3 Å². The summed E-state index contributed by atoms with van der Waals surface area (Å²) in [4.78, 5) is 5.34. The molecule has 0 fully saturated rings. The predicted octanol–water partition coefficient (Wildman–Crippen LogP) is 12.9. The molecule has 1 aliphatic rings. The van der Waals surface area contributed by atoms with E-state index in [0.717, 1.165) is 72.4 Å². The van der Waals surface area contributed by atoms with Crippen molar-refractivity contribution in [2.24, 2.45) is 4.99 Å². The first-order valence-corrected chi connectivity index (χ1v) is 19.4. The summed E-state index contributed by atoms with van der Waals surface area (Å²) in [6.07, 6.45) is 1.86. The van der Waals surface area contributed by atoms with Crippen molar-refractivity contribution in [2.45, 2.75) is 6.17 Å². The molecular formula is C52H34N4O. The number of hydrogen-bond acceptors (Lipinski definition) is 3. The highest BCUT2D eigenvalue weighted by atomic mass is 16.3. The van der Waals surface area contributed by atoms with Crippen molar-refractivity contribution in [3.05, 3.63) is 211 Å². The minimum Gasteiger partial charge on any atom is -0.456 e. The van der Waals surface area contributed by atoms with Gasteiger partial charge in [-0.3, -0.25) is 4.99 Å². The van der Waals surface area contributed by atoms with E-state index < -0.39 is 0 Å². The Labute approximate surface area is 328 Å². The molecule has 0 saturated carbocycles. The van der Waals surface area contributed by atoms with Crippen molar-refractivity contribution in [3.63, 3.8) is 0 Å². The van der Waals surface area contributed by atoms with Gasteiger partial charge in [-0.25, -0.2) is 0 Å². The van der Waals surface area contributed by atoms with Crippen LogP contribution in [0.5, 0.6) is 0 Å². The molecule has 0 amide bonds. The van der Waals surface area contributed by atoms with Crippen molar-refractivity contribution in [3.8, 4) is 11.4 Å². The number of benzene rings is 8. The molecular weight excluding hydrogens is 697 g/mol. The third-order valence-electron chi connectivity index (χ3n) is 11.5. The van der Waals surface area contributed by atoms with Crippen molar-refractivity contribution >= 4 is 77.0 Å². The zero-order valence-corrected chi connectivity index (χ0v) is 30.8. The van der Waals surface area contributed by atoms with E-state index in [4.69, 9.17) is 9.41 Å². The largest absolute Gasteiger partial charge is 0.456 e. The molecule has 11 aromatic rings. The van der Waals surface area contributed by atoms with Gasteiger partial charge in [-0.15, -0.1) is 0 Å². The Kier molecular flexibility index (Phi) is 6.92. The van der Waals surface area contributed by atoms with Gasteiger partial charge in [0.2, 0.25) is 0 Å². The summed E-state index contributed by atoms with van der Waals surface area (Å²) in [5, 5.41) is 10.8. The van der Waals surface area contributed by atoms with Crippen LogP contribution in [0.2, 0.25) is 0 Å². The molecule has 0 bridgehead atoms. The monoisotopic (exact) mass is 730 g/mol. The first-order chi connectivity index (χ1) is 28.3. The molecule has 5 heteroatoms. The number of hydrogen-bond donors (Lipinski definition) is 1. The third kappa shape index (κ3) is 4.92. The minimum atomic E-state index is -0.307. The Morgan fingerprint density at radius 3 is 1.91 bits per heavy atom. The molecule has 0 saturated heterocycles. The number of para-hydroxylation sites is 3. The lowest BCUT2D eigenvalue weighted by molar-refractivity contribution is 0.663. The molecule has 268 valence electrons. The van der Waals surface area contributed by atoms with E-state index in [1.165, 1.54) is 32.6 Å². The Bertz CT molecular complexity index is 3420. The average Bonchev–Trinajstić information content (AvgIpc) is 3.93. The lowest BCUT2D eigenvalue weighted by atomic mass is 10.0. The number of nitrogens with one attached hydrogen (secondary N) is 1. The number of furan rings is 1. The first-order valence-electron chi connectivity index (χ1n) is 19.4. The summed E-state index contributed by atoms with van der Waals surface area (Å²) in [5.74, 6) is 0. The lowest BCUT2D eigenvalue weighted by Crippen LogP contribution is -2.25. The minimum absolute atomic E-state index is 0.307. The van der Waals surface area contributed by atoms with E-state index in [-0.39, 0.29) is 6.17 Å². The van der Waals surface area contributed by atoms with Crippen LogP contribution in [0.3, 0.4) is 0 Å².